The van der Waals surface area contributed by atoms with Crippen molar-refractivity contribution in [1.29, 1.82) is 0 Å². The zero-order chi connectivity index (χ0) is 21.8. The molecule has 0 fully saturated rings. The van der Waals surface area contributed by atoms with Crippen molar-refractivity contribution < 1.29 is 27.5 Å². The summed E-state index contributed by atoms with van der Waals surface area (Å²) in [7, 11) is 0. The Balaban J connectivity index is 2.35. The van der Waals surface area contributed by atoms with E-state index in [0.717, 1.165) is 12.1 Å². The third-order valence-corrected chi connectivity index (χ3v) is 4.05. The van der Waals surface area contributed by atoms with Gasteiger partial charge >= 0.3 is 12.1 Å². The minimum Gasteiger partial charge on any atom is -0.481 e. The first-order valence-corrected chi connectivity index (χ1v) is 8.33. The molecule has 0 unspecified atom stereocenters. The maximum Gasteiger partial charge on any atom is 0.407 e. The number of aliphatic carboxylic acids is 1. The van der Waals surface area contributed by atoms with E-state index in [-0.39, 0.29) is 24.5 Å². The van der Waals surface area contributed by atoms with Crippen LogP contribution in [0.3, 0.4) is 0 Å². The fraction of sp³-hybridized carbons (Fsp3) is 0.200. The molecular formula is C20H17F4N3O2. The van der Waals surface area contributed by atoms with E-state index < -0.39 is 29.2 Å². The molecule has 0 heterocycles. The molecule has 2 N–H and O–H groups in total. The fourth-order valence-electron chi connectivity index (χ4n) is 2.55. The second-order valence-electron chi connectivity index (χ2n) is 6.14. The Morgan fingerprint density at radius 3 is 2.52 bits per heavy atom. The molecule has 152 valence electrons. The van der Waals surface area contributed by atoms with Gasteiger partial charge in [-0.3, -0.25) is 4.79 Å². The Kier molecular flexibility index (Phi) is 6.49. The summed E-state index contributed by atoms with van der Waals surface area (Å²) in [6, 6.07) is 7.31. The quantitative estimate of drug-likeness (QED) is 0.466. The van der Waals surface area contributed by atoms with Crippen molar-refractivity contribution in [3.63, 3.8) is 0 Å². The maximum absolute atomic E-state index is 13.9. The molecule has 0 atom stereocenters. The number of carboxylic acid groups (broad SMARTS) is 1. The van der Waals surface area contributed by atoms with Gasteiger partial charge < -0.3 is 15.3 Å². The molecule has 0 spiro atoms. The molecule has 2 aromatic carbocycles. The van der Waals surface area contributed by atoms with Crippen molar-refractivity contribution in [2.45, 2.75) is 19.5 Å². The van der Waals surface area contributed by atoms with Gasteiger partial charge in [0.25, 0.3) is 0 Å². The zero-order valence-corrected chi connectivity index (χ0v) is 15.3. The number of hydrogen-bond acceptors (Lipinski definition) is 3. The Morgan fingerprint density at radius 1 is 1.28 bits per heavy atom. The van der Waals surface area contributed by atoms with Crippen molar-refractivity contribution in [2.24, 2.45) is 0 Å². The Bertz CT molecular complexity index is 981. The number of alkyl halides is 3. The smallest absolute Gasteiger partial charge is 0.407 e. The van der Waals surface area contributed by atoms with Crippen LogP contribution in [0.5, 0.6) is 0 Å². The normalized spacial score (nSPS) is 10.9. The molecule has 0 saturated carbocycles. The van der Waals surface area contributed by atoms with Crippen LogP contribution < -0.4 is 10.2 Å². The first kappa shape index (κ1) is 21.8. The number of rotatable bonds is 7. The highest BCUT2D eigenvalue weighted by atomic mass is 19.4. The summed E-state index contributed by atoms with van der Waals surface area (Å²) >= 11 is 0. The number of carboxylic acids is 1. The highest BCUT2D eigenvalue weighted by Gasteiger charge is 2.33. The van der Waals surface area contributed by atoms with Crippen molar-refractivity contribution in [2.75, 3.05) is 16.8 Å². The van der Waals surface area contributed by atoms with E-state index in [9.17, 15) is 22.4 Å². The minimum atomic E-state index is -4.72. The minimum absolute atomic E-state index is 0.00244. The van der Waals surface area contributed by atoms with Gasteiger partial charge in [-0.15, -0.1) is 0 Å². The van der Waals surface area contributed by atoms with Crippen LogP contribution in [0, 0.1) is 19.3 Å². The largest absolute Gasteiger partial charge is 0.481 e. The number of halogens is 4. The molecular weight excluding hydrogens is 390 g/mol. The van der Waals surface area contributed by atoms with Crippen LogP contribution in [-0.4, -0.2) is 17.6 Å². The van der Waals surface area contributed by atoms with E-state index in [0.29, 0.717) is 11.3 Å². The van der Waals surface area contributed by atoms with Gasteiger partial charge in [0, 0.05) is 17.9 Å². The van der Waals surface area contributed by atoms with E-state index in [2.05, 4.69) is 16.7 Å². The van der Waals surface area contributed by atoms with Gasteiger partial charge in [0.15, 0.2) is 5.69 Å². The molecule has 2 aromatic rings. The predicted octanol–water partition coefficient (Wildman–Crippen LogP) is 5.57. The number of hydrogen-bond donors (Lipinski definition) is 2. The van der Waals surface area contributed by atoms with Crippen molar-refractivity contribution in [1.82, 2.24) is 0 Å². The fourth-order valence-corrected chi connectivity index (χ4v) is 2.55. The van der Waals surface area contributed by atoms with Gasteiger partial charge in [0.05, 0.1) is 18.6 Å². The molecule has 0 aliphatic carbocycles. The maximum atomic E-state index is 13.9. The SMILES string of the molecule is [C-]#[N+]c1ccc(NC(=C)N(CCC(=O)O)c2ccc(C)c(F)c2)cc1C(F)(F)F. The summed E-state index contributed by atoms with van der Waals surface area (Å²) in [6.07, 6.45) is -5.03. The zero-order valence-electron chi connectivity index (χ0n) is 15.3. The molecule has 9 heteroatoms. The van der Waals surface area contributed by atoms with E-state index >= 15 is 0 Å². The first-order valence-electron chi connectivity index (χ1n) is 8.33. The van der Waals surface area contributed by atoms with Gasteiger partial charge in [0.2, 0.25) is 0 Å². The van der Waals surface area contributed by atoms with Crippen LogP contribution >= 0.6 is 0 Å². The summed E-state index contributed by atoms with van der Waals surface area (Å²) < 4.78 is 53.4. The highest BCUT2D eigenvalue weighted by Crippen LogP contribution is 2.38. The van der Waals surface area contributed by atoms with Crippen LogP contribution in [0.25, 0.3) is 4.85 Å². The summed E-state index contributed by atoms with van der Waals surface area (Å²) in [5.41, 5.74) is -0.973. The van der Waals surface area contributed by atoms with Gasteiger partial charge in [-0.05, 0) is 36.8 Å². The topological polar surface area (TPSA) is 56.9 Å². The van der Waals surface area contributed by atoms with Gasteiger partial charge in [-0.25, -0.2) is 9.24 Å². The Morgan fingerprint density at radius 2 is 1.97 bits per heavy atom. The first-order chi connectivity index (χ1) is 13.5. The molecule has 2 rings (SSSR count). The van der Waals surface area contributed by atoms with Crippen LogP contribution in [0.1, 0.15) is 17.5 Å². The number of anilines is 2. The molecule has 0 saturated heterocycles. The standard InChI is InChI=1S/C20H17F4N3O2/c1-12-4-6-15(11-17(12)21)27(9-8-19(28)29)13(2)26-14-5-7-18(25-3)16(10-14)20(22,23)24/h4-7,10-11,26H,2,8-9H2,1H3,(H,28,29). The van der Waals surface area contributed by atoms with E-state index in [4.69, 9.17) is 11.7 Å². The van der Waals surface area contributed by atoms with Crippen molar-refractivity contribution in [3.05, 3.63) is 77.2 Å². The molecule has 0 bridgehead atoms. The molecule has 0 aromatic heterocycles. The molecule has 5 nitrogen and oxygen atoms in total. The average molecular weight is 407 g/mol. The summed E-state index contributed by atoms with van der Waals surface area (Å²) in [5, 5.41) is 11.6. The molecule has 0 aliphatic heterocycles. The lowest BCUT2D eigenvalue weighted by atomic mass is 10.1. The van der Waals surface area contributed by atoms with Gasteiger partial charge in [0.1, 0.15) is 11.6 Å². The monoisotopic (exact) mass is 407 g/mol. The van der Waals surface area contributed by atoms with Crippen molar-refractivity contribution in [3.8, 4) is 0 Å². The summed E-state index contributed by atoms with van der Waals surface area (Å²) in [6.45, 7) is 12.1. The Labute approximate surface area is 164 Å². The molecule has 29 heavy (non-hydrogen) atoms. The van der Waals surface area contributed by atoms with Crippen LogP contribution in [0.2, 0.25) is 0 Å². The highest BCUT2D eigenvalue weighted by molar-refractivity contribution is 5.69. The molecule has 0 radical (unpaired) electrons. The van der Waals surface area contributed by atoms with E-state index in [1.165, 1.54) is 23.1 Å². The number of benzene rings is 2. The van der Waals surface area contributed by atoms with Crippen LogP contribution in [-0.2, 0) is 11.0 Å². The van der Waals surface area contributed by atoms with Crippen molar-refractivity contribution >= 4 is 23.0 Å². The van der Waals surface area contributed by atoms with E-state index in [1.807, 2.05) is 0 Å². The number of nitrogens with one attached hydrogen (secondary N) is 1. The van der Waals surface area contributed by atoms with Gasteiger partial charge in [-0.1, -0.05) is 18.7 Å². The lowest BCUT2D eigenvalue weighted by molar-refractivity contribution is -0.137. The summed E-state index contributed by atoms with van der Waals surface area (Å²) in [5.74, 6) is -1.56. The molecule has 0 amide bonds. The van der Waals surface area contributed by atoms with Crippen LogP contribution in [0.4, 0.5) is 34.6 Å². The second kappa shape index (κ2) is 8.65. The number of nitrogens with zero attached hydrogens (tertiary/aromatic N) is 2. The molecule has 0 aliphatic rings. The van der Waals surface area contributed by atoms with Crippen LogP contribution in [0.15, 0.2) is 48.8 Å². The number of aryl methyl sites for hydroxylation is 1. The predicted molar refractivity (Wildman–Crippen MR) is 101 cm³/mol. The average Bonchev–Trinajstić information content (AvgIpc) is 2.63. The lowest BCUT2D eigenvalue weighted by Gasteiger charge is -2.27. The Hall–Kier alpha value is -3.54. The van der Waals surface area contributed by atoms with Gasteiger partial charge in [-0.2, -0.15) is 13.2 Å². The summed E-state index contributed by atoms with van der Waals surface area (Å²) in [4.78, 5) is 15.2. The third-order valence-electron chi connectivity index (χ3n) is 4.05. The van der Waals surface area contributed by atoms with E-state index in [1.54, 1.807) is 13.0 Å². The number of carbonyl (C=O) groups is 1. The third kappa shape index (κ3) is 5.48. The lowest BCUT2D eigenvalue weighted by Crippen LogP contribution is -2.29. The second-order valence-corrected chi connectivity index (χ2v) is 6.14.